The minimum atomic E-state index is 0.982. The van der Waals surface area contributed by atoms with Crippen molar-refractivity contribution < 1.29 is 0 Å². The molecule has 0 saturated heterocycles. The largest absolute Gasteiger partial charge is 0.0654 e. The average molecular weight is 295 g/mol. The molecular formula is C21H42. The van der Waals surface area contributed by atoms with Gasteiger partial charge in [-0.15, -0.1) is 0 Å². The fourth-order valence-electron chi connectivity index (χ4n) is 4.62. The highest BCUT2D eigenvalue weighted by Gasteiger charge is 2.22. The van der Waals surface area contributed by atoms with Crippen LogP contribution in [0.3, 0.4) is 0 Å². The monoisotopic (exact) mass is 294 g/mol. The summed E-state index contributed by atoms with van der Waals surface area (Å²) in [6.45, 7) is 9.63. The highest BCUT2D eigenvalue weighted by atomic mass is 14.3. The average Bonchev–Trinajstić information content (AvgIpc) is 2.57. The van der Waals surface area contributed by atoms with Crippen LogP contribution in [0.5, 0.6) is 0 Å². The first-order chi connectivity index (χ1) is 10.2. The molecular weight excluding hydrogens is 252 g/mol. The molecule has 0 aliphatic heterocycles. The van der Waals surface area contributed by atoms with Gasteiger partial charge in [-0.1, -0.05) is 111 Å². The molecule has 1 saturated carbocycles. The Hall–Kier alpha value is 0. The maximum absolute atomic E-state index is 2.47. The number of rotatable bonds is 8. The minimum Gasteiger partial charge on any atom is -0.0654 e. The van der Waals surface area contributed by atoms with E-state index in [2.05, 4.69) is 27.7 Å². The van der Waals surface area contributed by atoms with Crippen LogP contribution < -0.4 is 0 Å². The summed E-state index contributed by atoms with van der Waals surface area (Å²) in [5.74, 6) is 4.06. The van der Waals surface area contributed by atoms with Gasteiger partial charge in [-0.3, -0.25) is 0 Å². The molecule has 0 heterocycles. The van der Waals surface area contributed by atoms with E-state index < -0.39 is 0 Å². The van der Waals surface area contributed by atoms with Crippen LogP contribution in [0.15, 0.2) is 0 Å². The number of hydrogen-bond donors (Lipinski definition) is 0. The molecule has 0 spiro atoms. The van der Waals surface area contributed by atoms with Crippen LogP contribution in [0.2, 0.25) is 0 Å². The van der Waals surface area contributed by atoms with Crippen molar-refractivity contribution in [2.24, 2.45) is 23.7 Å². The van der Waals surface area contributed by atoms with Crippen molar-refractivity contribution in [3.8, 4) is 0 Å². The third-order valence-corrected chi connectivity index (χ3v) is 6.20. The molecule has 1 rings (SSSR count). The standard InChI is InChI=1S/C21H42/c1-5-11-19(6-2)14-10-17-21-16-9-13-18(4)12-8-15-20(21)7-3/h18-21H,5-17H2,1-4H3. The van der Waals surface area contributed by atoms with Crippen molar-refractivity contribution in [2.45, 2.75) is 111 Å². The van der Waals surface area contributed by atoms with Crippen LogP contribution in [0, 0.1) is 23.7 Å². The van der Waals surface area contributed by atoms with Crippen LogP contribution in [-0.4, -0.2) is 0 Å². The van der Waals surface area contributed by atoms with E-state index in [0.29, 0.717) is 0 Å². The van der Waals surface area contributed by atoms with Crippen LogP contribution in [0.1, 0.15) is 111 Å². The third kappa shape index (κ3) is 7.71. The topological polar surface area (TPSA) is 0 Å². The number of hydrogen-bond acceptors (Lipinski definition) is 0. The summed E-state index contributed by atoms with van der Waals surface area (Å²) in [6, 6.07) is 0. The zero-order chi connectivity index (χ0) is 15.5. The molecule has 0 bridgehead atoms. The van der Waals surface area contributed by atoms with Crippen molar-refractivity contribution in [2.75, 3.05) is 0 Å². The van der Waals surface area contributed by atoms with E-state index in [1.807, 2.05) is 0 Å². The van der Waals surface area contributed by atoms with Crippen LogP contribution in [0.4, 0.5) is 0 Å². The summed E-state index contributed by atoms with van der Waals surface area (Å²) in [5.41, 5.74) is 0. The lowest BCUT2D eigenvalue weighted by molar-refractivity contribution is 0.252. The highest BCUT2D eigenvalue weighted by Crippen LogP contribution is 2.34. The third-order valence-electron chi connectivity index (χ3n) is 6.20. The molecule has 0 N–H and O–H groups in total. The van der Waals surface area contributed by atoms with Gasteiger partial charge in [-0.05, 0) is 23.7 Å². The van der Waals surface area contributed by atoms with Crippen LogP contribution in [0.25, 0.3) is 0 Å². The molecule has 4 unspecified atom stereocenters. The minimum absolute atomic E-state index is 0.982. The lowest BCUT2D eigenvalue weighted by Crippen LogP contribution is -2.15. The van der Waals surface area contributed by atoms with Crippen LogP contribution in [-0.2, 0) is 0 Å². The van der Waals surface area contributed by atoms with Gasteiger partial charge in [0, 0.05) is 0 Å². The quantitative estimate of drug-likeness (QED) is 0.432. The molecule has 0 aromatic carbocycles. The van der Waals surface area contributed by atoms with E-state index in [0.717, 1.165) is 23.7 Å². The maximum atomic E-state index is 2.47. The van der Waals surface area contributed by atoms with Crippen molar-refractivity contribution in [3.63, 3.8) is 0 Å². The Kier molecular flexibility index (Phi) is 10.5. The van der Waals surface area contributed by atoms with Crippen LogP contribution >= 0.6 is 0 Å². The van der Waals surface area contributed by atoms with E-state index >= 15 is 0 Å². The second kappa shape index (κ2) is 11.6. The Morgan fingerprint density at radius 1 is 0.857 bits per heavy atom. The Bertz CT molecular complexity index is 232. The van der Waals surface area contributed by atoms with Gasteiger partial charge in [-0.25, -0.2) is 0 Å². The Morgan fingerprint density at radius 3 is 2.10 bits per heavy atom. The van der Waals surface area contributed by atoms with Gasteiger partial charge in [0.15, 0.2) is 0 Å². The first kappa shape index (κ1) is 19.0. The van der Waals surface area contributed by atoms with Gasteiger partial charge < -0.3 is 0 Å². The van der Waals surface area contributed by atoms with Crippen molar-refractivity contribution in [3.05, 3.63) is 0 Å². The summed E-state index contributed by atoms with van der Waals surface area (Å²) in [7, 11) is 0. The smallest absolute Gasteiger partial charge is 0.0386 e. The van der Waals surface area contributed by atoms with E-state index in [1.165, 1.54) is 83.5 Å². The summed E-state index contributed by atoms with van der Waals surface area (Å²) in [5, 5.41) is 0. The lowest BCUT2D eigenvalue weighted by Gasteiger charge is -2.26. The second-order valence-electron chi connectivity index (χ2n) is 7.89. The summed E-state index contributed by atoms with van der Waals surface area (Å²) >= 11 is 0. The zero-order valence-electron chi connectivity index (χ0n) is 15.5. The van der Waals surface area contributed by atoms with Gasteiger partial charge in [0.1, 0.15) is 0 Å². The highest BCUT2D eigenvalue weighted by molar-refractivity contribution is 4.73. The predicted octanol–water partition coefficient (Wildman–Crippen LogP) is 7.62. The van der Waals surface area contributed by atoms with Gasteiger partial charge >= 0.3 is 0 Å². The molecule has 0 aromatic rings. The van der Waals surface area contributed by atoms with Crippen molar-refractivity contribution in [1.82, 2.24) is 0 Å². The van der Waals surface area contributed by atoms with E-state index in [-0.39, 0.29) is 0 Å². The molecule has 0 radical (unpaired) electrons. The van der Waals surface area contributed by atoms with E-state index in [1.54, 1.807) is 0 Å². The lowest BCUT2D eigenvalue weighted by atomic mass is 9.79. The van der Waals surface area contributed by atoms with Gasteiger partial charge in [0.05, 0.1) is 0 Å². The molecule has 21 heavy (non-hydrogen) atoms. The van der Waals surface area contributed by atoms with E-state index in [9.17, 15) is 0 Å². The predicted molar refractivity (Wildman–Crippen MR) is 96.7 cm³/mol. The molecule has 1 fully saturated rings. The molecule has 1 aliphatic rings. The second-order valence-corrected chi connectivity index (χ2v) is 7.89. The first-order valence-corrected chi connectivity index (χ1v) is 10.2. The fourth-order valence-corrected chi connectivity index (χ4v) is 4.62. The molecule has 0 nitrogen and oxygen atoms in total. The SMILES string of the molecule is CCCC(CC)CCCC1CCCC(C)CCCC1CC. The molecule has 0 heteroatoms. The molecule has 1 aliphatic carbocycles. The maximum Gasteiger partial charge on any atom is -0.0386 e. The molecule has 126 valence electrons. The fraction of sp³-hybridized carbons (Fsp3) is 1.00. The molecule has 0 aromatic heterocycles. The van der Waals surface area contributed by atoms with Crippen molar-refractivity contribution in [1.29, 1.82) is 0 Å². The van der Waals surface area contributed by atoms with E-state index in [4.69, 9.17) is 0 Å². The molecule has 4 atom stereocenters. The van der Waals surface area contributed by atoms with Gasteiger partial charge in [-0.2, -0.15) is 0 Å². The normalized spacial score (nSPS) is 29.4. The Balaban J connectivity index is 2.40. The Morgan fingerprint density at radius 2 is 1.52 bits per heavy atom. The van der Waals surface area contributed by atoms with Gasteiger partial charge in [0.2, 0.25) is 0 Å². The first-order valence-electron chi connectivity index (χ1n) is 10.2. The van der Waals surface area contributed by atoms with Crippen molar-refractivity contribution >= 4 is 0 Å². The summed E-state index contributed by atoms with van der Waals surface area (Å²) in [4.78, 5) is 0. The van der Waals surface area contributed by atoms with Gasteiger partial charge in [0.25, 0.3) is 0 Å². The zero-order valence-corrected chi connectivity index (χ0v) is 15.5. The summed E-state index contributed by atoms with van der Waals surface area (Å²) < 4.78 is 0. The molecule has 0 amide bonds. The Labute approximate surface area is 135 Å². The summed E-state index contributed by atoms with van der Waals surface area (Å²) in [6.07, 6.45) is 19.1.